The molecular formula is C19H19N3O4. The fourth-order valence-corrected chi connectivity index (χ4v) is 3.09. The van der Waals surface area contributed by atoms with E-state index in [9.17, 15) is 19.7 Å². The van der Waals surface area contributed by atoms with E-state index in [2.05, 4.69) is 0 Å². The number of hydrogen-bond donors (Lipinski definition) is 0. The molecular weight excluding hydrogens is 334 g/mol. The first kappa shape index (κ1) is 17.6. The van der Waals surface area contributed by atoms with Gasteiger partial charge in [-0.1, -0.05) is 42.5 Å². The molecule has 1 atom stereocenters. The normalized spacial score (nSPS) is 16.1. The highest BCUT2D eigenvalue weighted by Crippen LogP contribution is 2.25. The number of amides is 3. The number of nitrogens with zero attached hydrogens (tertiary/aromatic N) is 3. The first-order chi connectivity index (χ1) is 12.5. The van der Waals surface area contributed by atoms with Crippen LogP contribution in [0.3, 0.4) is 0 Å². The minimum absolute atomic E-state index is 0.0228. The molecule has 0 saturated carbocycles. The van der Waals surface area contributed by atoms with Gasteiger partial charge in [0.2, 0.25) is 5.91 Å². The number of nitro benzene ring substituents is 1. The zero-order valence-corrected chi connectivity index (χ0v) is 14.4. The van der Waals surface area contributed by atoms with Gasteiger partial charge in [0.1, 0.15) is 0 Å². The zero-order chi connectivity index (χ0) is 18.7. The largest absolute Gasteiger partial charge is 0.327 e. The SMILES string of the molecule is CN(Cc1cccc([N+](=O)[O-])c1)C(=O)N1C(=O)C[C@@H]1Cc1ccccc1. The summed E-state index contributed by atoms with van der Waals surface area (Å²) in [5.41, 5.74) is 1.69. The van der Waals surface area contributed by atoms with Gasteiger partial charge in [-0.05, 0) is 17.5 Å². The average molecular weight is 353 g/mol. The Kier molecular flexibility index (Phi) is 4.97. The first-order valence-corrected chi connectivity index (χ1v) is 8.30. The lowest BCUT2D eigenvalue weighted by molar-refractivity contribution is -0.384. The van der Waals surface area contributed by atoms with E-state index in [1.807, 2.05) is 30.3 Å². The number of benzene rings is 2. The maximum Gasteiger partial charge on any atom is 0.327 e. The van der Waals surface area contributed by atoms with Crippen LogP contribution in [0.1, 0.15) is 17.5 Å². The number of non-ortho nitro benzene ring substituents is 1. The summed E-state index contributed by atoms with van der Waals surface area (Å²) in [5.74, 6) is -0.193. The van der Waals surface area contributed by atoms with Crippen molar-refractivity contribution >= 4 is 17.6 Å². The van der Waals surface area contributed by atoms with Crippen molar-refractivity contribution in [3.05, 3.63) is 75.8 Å². The van der Waals surface area contributed by atoms with E-state index < -0.39 is 4.92 Å². The van der Waals surface area contributed by atoms with Crippen LogP contribution in [0.15, 0.2) is 54.6 Å². The predicted molar refractivity (Wildman–Crippen MR) is 95.4 cm³/mol. The molecule has 0 bridgehead atoms. The summed E-state index contributed by atoms with van der Waals surface area (Å²) in [6, 6.07) is 15.3. The molecule has 1 saturated heterocycles. The van der Waals surface area contributed by atoms with Crippen LogP contribution in [0.2, 0.25) is 0 Å². The van der Waals surface area contributed by atoms with Crippen molar-refractivity contribution in [2.24, 2.45) is 0 Å². The summed E-state index contributed by atoms with van der Waals surface area (Å²) < 4.78 is 0. The van der Waals surface area contributed by atoms with E-state index in [0.717, 1.165) is 5.56 Å². The van der Waals surface area contributed by atoms with Crippen molar-refractivity contribution in [2.75, 3.05) is 7.05 Å². The smallest absolute Gasteiger partial charge is 0.323 e. The van der Waals surface area contributed by atoms with Gasteiger partial charge in [0.25, 0.3) is 5.69 Å². The second kappa shape index (κ2) is 7.35. The number of hydrogen-bond acceptors (Lipinski definition) is 4. The molecule has 2 aromatic rings. The van der Waals surface area contributed by atoms with Crippen LogP contribution in [-0.2, 0) is 17.8 Å². The molecule has 26 heavy (non-hydrogen) atoms. The number of carbonyl (C=O) groups is 2. The number of urea groups is 1. The minimum Gasteiger partial charge on any atom is -0.323 e. The van der Waals surface area contributed by atoms with Crippen LogP contribution in [0, 0.1) is 10.1 Å². The Labute approximate surface area is 151 Å². The fourth-order valence-electron chi connectivity index (χ4n) is 3.09. The van der Waals surface area contributed by atoms with Gasteiger partial charge in [0.05, 0.1) is 11.0 Å². The number of rotatable bonds is 5. The van der Waals surface area contributed by atoms with Crippen molar-refractivity contribution in [1.82, 2.24) is 9.80 Å². The standard InChI is InChI=1S/C19H19N3O4/c1-20(13-15-8-5-9-16(11-15)22(25)26)19(24)21-17(12-18(21)23)10-14-6-3-2-4-7-14/h2-9,11,17H,10,12-13H2,1H3/t17-/m0/s1. The van der Waals surface area contributed by atoms with Gasteiger partial charge in [-0.2, -0.15) is 0 Å². The lowest BCUT2D eigenvalue weighted by Crippen LogP contribution is -2.59. The molecule has 1 heterocycles. The van der Waals surface area contributed by atoms with Crippen molar-refractivity contribution in [3.63, 3.8) is 0 Å². The molecule has 0 unspecified atom stereocenters. The Morgan fingerprint density at radius 1 is 1.19 bits per heavy atom. The van der Waals surface area contributed by atoms with Crippen LogP contribution in [0.25, 0.3) is 0 Å². The highest BCUT2D eigenvalue weighted by molar-refractivity contribution is 5.99. The van der Waals surface area contributed by atoms with Gasteiger partial charge >= 0.3 is 6.03 Å². The molecule has 134 valence electrons. The van der Waals surface area contributed by atoms with Gasteiger partial charge in [-0.25, -0.2) is 4.79 Å². The van der Waals surface area contributed by atoms with E-state index in [1.54, 1.807) is 19.2 Å². The van der Waals surface area contributed by atoms with Crippen LogP contribution in [0.5, 0.6) is 0 Å². The number of β-lactam (4-membered cyclic amide) rings is 1. The Morgan fingerprint density at radius 3 is 2.54 bits per heavy atom. The topological polar surface area (TPSA) is 83.8 Å². The summed E-state index contributed by atoms with van der Waals surface area (Å²) in [7, 11) is 1.59. The number of likely N-dealkylation sites (tertiary alicyclic amines) is 1. The highest BCUT2D eigenvalue weighted by Gasteiger charge is 2.41. The van der Waals surface area contributed by atoms with Crippen LogP contribution in [-0.4, -0.2) is 39.8 Å². The highest BCUT2D eigenvalue weighted by atomic mass is 16.6. The number of imide groups is 1. The maximum absolute atomic E-state index is 12.7. The predicted octanol–water partition coefficient (Wildman–Crippen LogP) is 2.99. The Balaban J connectivity index is 1.66. The molecule has 3 rings (SSSR count). The van der Waals surface area contributed by atoms with Crippen molar-refractivity contribution in [2.45, 2.75) is 25.4 Å². The molecule has 1 aliphatic rings. The summed E-state index contributed by atoms with van der Waals surface area (Å²) >= 11 is 0. The van der Waals surface area contributed by atoms with E-state index in [1.165, 1.54) is 21.9 Å². The summed E-state index contributed by atoms with van der Waals surface area (Å²) in [6.07, 6.45) is 0.980. The van der Waals surface area contributed by atoms with Gasteiger partial charge in [-0.15, -0.1) is 0 Å². The van der Waals surface area contributed by atoms with Crippen LogP contribution < -0.4 is 0 Å². The third-order valence-corrected chi connectivity index (χ3v) is 4.43. The molecule has 0 N–H and O–H groups in total. The average Bonchev–Trinajstić information content (AvgIpc) is 2.62. The fraction of sp³-hybridized carbons (Fsp3) is 0.263. The Morgan fingerprint density at radius 2 is 1.88 bits per heavy atom. The first-order valence-electron chi connectivity index (χ1n) is 8.30. The molecule has 1 aliphatic heterocycles. The van der Waals surface area contributed by atoms with E-state index >= 15 is 0 Å². The van der Waals surface area contributed by atoms with Crippen molar-refractivity contribution in [1.29, 1.82) is 0 Å². The molecule has 7 nitrogen and oxygen atoms in total. The van der Waals surface area contributed by atoms with Gasteiger partial charge in [-0.3, -0.25) is 19.8 Å². The van der Waals surface area contributed by atoms with Crippen LogP contribution >= 0.6 is 0 Å². The quantitative estimate of drug-likeness (QED) is 0.470. The van der Waals surface area contributed by atoms with E-state index in [0.29, 0.717) is 18.4 Å². The number of carbonyl (C=O) groups excluding carboxylic acids is 2. The molecule has 1 fully saturated rings. The second-order valence-electron chi connectivity index (χ2n) is 6.38. The van der Waals surface area contributed by atoms with Crippen LogP contribution in [0.4, 0.5) is 10.5 Å². The molecule has 0 radical (unpaired) electrons. The second-order valence-corrected chi connectivity index (χ2v) is 6.38. The van der Waals surface area contributed by atoms with Crippen molar-refractivity contribution in [3.8, 4) is 0 Å². The summed E-state index contributed by atoms with van der Waals surface area (Å²) in [5, 5.41) is 10.9. The molecule has 0 aliphatic carbocycles. The lowest BCUT2D eigenvalue weighted by atomic mass is 9.95. The number of nitro groups is 1. The zero-order valence-electron chi connectivity index (χ0n) is 14.4. The summed E-state index contributed by atoms with van der Waals surface area (Å²) in [6.45, 7) is 0.197. The van der Waals surface area contributed by atoms with Gasteiger partial charge < -0.3 is 4.90 Å². The molecule has 3 amide bonds. The summed E-state index contributed by atoms with van der Waals surface area (Å²) in [4.78, 5) is 37.7. The van der Waals surface area contributed by atoms with Gasteiger partial charge in [0.15, 0.2) is 0 Å². The Hall–Kier alpha value is -3.22. The third kappa shape index (κ3) is 3.72. The Bertz CT molecular complexity index is 838. The van der Waals surface area contributed by atoms with E-state index in [4.69, 9.17) is 0 Å². The third-order valence-electron chi connectivity index (χ3n) is 4.43. The molecule has 0 spiro atoms. The molecule has 2 aromatic carbocycles. The molecule has 7 heteroatoms. The van der Waals surface area contributed by atoms with Crippen molar-refractivity contribution < 1.29 is 14.5 Å². The van der Waals surface area contributed by atoms with Gasteiger partial charge in [0, 0.05) is 32.1 Å². The lowest BCUT2D eigenvalue weighted by Gasteiger charge is -2.40. The molecule has 0 aromatic heterocycles. The monoisotopic (exact) mass is 353 g/mol. The maximum atomic E-state index is 12.7. The van der Waals surface area contributed by atoms with E-state index in [-0.39, 0.29) is 30.2 Å². The minimum atomic E-state index is -0.472.